The number of rotatable bonds is 4. The lowest BCUT2D eigenvalue weighted by Gasteiger charge is -1.96. The highest BCUT2D eigenvalue weighted by Crippen LogP contribution is 2.05. The molecule has 0 radical (unpaired) electrons. The van der Waals surface area contributed by atoms with Gasteiger partial charge in [-0.2, -0.15) is 8.42 Å². The molecule has 0 aromatic heterocycles. The van der Waals surface area contributed by atoms with Crippen LogP contribution in [-0.2, 0) is 20.8 Å². The number of halogens is 1. The first-order valence-electron chi connectivity index (χ1n) is 4.81. The zero-order valence-electron chi connectivity index (χ0n) is 9.36. The molecule has 1 atom stereocenters. The van der Waals surface area contributed by atoms with E-state index in [1.807, 2.05) is 0 Å². The molecule has 0 aliphatic rings. The number of hydrogen-bond acceptors (Lipinski definition) is 5. The van der Waals surface area contributed by atoms with Gasteiger partial charge in [-0.15, -0.1) is 3.89 Å². The highest BCUT2D eigenvalue weighted by molar-refractivity contribution is 7.85. The average Bonchev–Trinajstić information content (AvgIpc) is 2.27. The Morgan fingerprint density at radius 3 is 2.11 bits per heavy atom. The van der Waals surface area contributed by atoms with Crippen LogP contribution in [0, 0.1) is 0 Å². The van der Waals surface area contributed by atoms with Crippen LogP contribution in [0.2, 0.25) is 0 Å². The van der Waals surface area contributed by atoms with Gasteiger partial charge in [0, 0.05) is 0 Å². The van der Waals surface area contributed by atoms with Gasteiger partial charge in [-0.05, 0) is 5.56 Å². The van der Waals surface area contributed by atoms with Gasteiger partial charge in [-0.3, -0.25) is 4.79 Å². The van der Waals surface area contributed by atoms with Crippen molar-refractivity contribution in [3.63, 3.8) is 0 Å². The van der Waals surface area contributed by atoms with E-state index < -0.39 is 34.6 Å². The molecule has 4 N–H and O–H groups in total. The number of carboxylic acids is 1. The minimum Gasteiger partial charge on any atom is -0.480 e. The quantitative estimate of drug-likeness (QED) is 0.661. The van der Waals surface area contributed by atoms with E-state index in [4.69, 9.17) is 15.9 Å². The highest BCUT2D eigenvalue weighted by atomic mass is 32.3. The molecule has 0 saturated carbocycles. The van der Waals surface area contributed by atoms with Crippen LogP contribution in [-0.4, -0.2) is 37.2 Å². The van der Waals surface area contributed by atoms with Crippen LogP contribution < -0.4 is 5.73 Å². The SMILES string of the molecule is N[C@@H](CO)C(=O)O.O=S(=O)(F)Cc1ccccc1. The lowest BCUT2D eigenvalue weighted by atomic mass is 10.2. The molecule has 1 aromatic rings. The van der Waals surface area contributed by atoms with E-state index in [0.717, 1.165) is 0 Å². The summed E-state index contributed by atoms with van der Waals surface area (Å²) in [5.41, 5.74) is 5.23. The molecular weight excluding hydrogens is 265 g/mol. The van der Waals surface area contributed by atoms with Crippen molar-refractivity contribution in [1.82, 2.24) is 0 Å². The second kappa shape index (κ2) is 7.75. The number of carboxylic acid groups (broad SMARTS) is 1. The molecule has 0 fully saturated rings. The Morgan fingerprint density at radius 2 is 1.83 bits per heavy atom. The second-order valence-corrected chi connectivity index (χ2v) is 4.66. The number of carbonyl (C=O) groups is 1. The highest BCUT2D eigenvalue weighted by Gasteiger charge is 2.07. The van der Waals surface area contributed by atoms with Gasteiger partial charge in [0.2, 0.25) is 0 Å². The van der Waals surface area contributed by atoms with Crippen molar-refractivity contribution in [2.45, 2.75) is 11.8 Å². The maximum Gasteiger partial charge on any atom is 0.322 e. The molecule has 0 saturated heterocycles. The van der Waals surface area contributed by atoms with Crippen LogP contribution in [0.5, 0.6) is 0 Å². The summed E-state index contributed by atoms with van der Waals surface area (Å²) in [6, 6.07) is 7.09. The summed E-state index contributed by atoms with van der Waals surface area (Å²) in [6.07, 6.45) is 0. The van der Waals surface area contributed by atoms with Crippen LogP contribution in [0.4, 0.5) is 3.89 Å². The monoisotopic (exact) mass is 279 g/mol. The van der Waals surface area contributed by atoms with Crippen LogP contribution >= 0.6 is 0 Å². The first-order chi connectivity index (χ1) is 8.26. The minimum absolute atomic E-state index is 0.468. The van der Waals surface area contributed by atoms with Gasteiger partial charge < -0.3 is 15.9 Å². The van der Waals surface area contributed by atoms with Crippen molar-refractivity contribution in [2.75, 3.05) is 6.61 Å². The number of hydrogen-bond donors (Lipinski definition) is 3. The Kier molecular flexibility index (Phi) is 7.10. The summed E-state index contributed by atoms with van der Waals surface area (Å²) in [5.74, 6) is -1.71. The van der Waals surface area contributed by atoms with Crippen molar-refractivity contribution < 1.29 is 27.3 Å². The molecule has 8 heteroatoms. The molecule has 0 aliphatic carbocycles. The van der Waals surface area contributed by atoms with Crippen molar-refractivity contribution >= 4 is 16.2 Å². The van der Waals surface area contributed by atoms with Gasteiger partial charge in [-0.1, -0.05) is 30.3 Å². The molecule has 1 rings (SSSR count). The number of aliphatic carboxylic acids is 1. The molecule has 0 aliphatic heterocycles. The number of nitrogens with two attached hydrogens (primary N) is 1. The first kappa shape index (κ1) is 16.5. The molecule has 0 heterocycles. The Labute approximate surface area is 104 Å². The molecule has 0 amide bonds. The number of aliphatic hydroxyl groups excluding tert-OH is 1. The van der Waals surface area contributed by atoms with E-state index in [0.29, 0.717) is 5.56 Å². The minimum atomic E-state index is -4.38. The van der Waals surface area contributed by atoms with E-state index in [1.54, 1.807) is 30.3 Å². The van der Waals surface area contributed by atoms with Crippen molar-refractivity contribution in [3.8, 4) is 0 Å². The van der Waals surface area contributed by atoms with E-state index >= 15 is 0 Å². The molecule has 6 nitrogen and oxygen atoms in total. The second-order valence-electron chi connectivity index (χ2n) is 3.30. The molecule has 0 spiro atoms. The predicted molar refractivity (Wildman–Crippen MR) is 62.9 cm³/mol. The first-order valence-corrected chi connectivity index (χ1v) is 6.37. The molecular formula is C10H14FNO5S. The third-order valence-electron chi connectivity index (χ3n) is 1.70. The van der Waals surface area contributed by atoms with Gasteiger partial charge in [0.1, 0.15) is 11.8 Å². The number of aliphatic hydroxyl groups is 1. The van der Waals surface area contributed by atoms with Gasteiger partial charge in [-0.25, -0.2) is 0 Å². The van der Waals surface area contributed by atoms with Crippen molar-refractivity contribution in [3.05, 3.63) is 35.9 Å². The summed E-state index contributed by atoms with van der Waals surface area (Å²) >= 11 is 0. The molecule has 0 bridgehead atoms. The fourth-order valence-electron chi connectivity index (χ4n) is 0.851. The summed E-state index contributed by atoms with van der Waals surface area (Å²) in [5, 5.41) is 15.9. The Bertz CT molecular complexity index is 462. The molecule has 102 valence electrons. The summed E-state index contributed by atoms with van der Waals surface area (Å²) in [6.45, 7) is -0.505. The van der Waals surface area contributed by atoms with E-state index in [2.05, 4.69) is 0 Å². The topological polar surface area (TPSA) is 118 Å². The zero-order chi connectivity index (χ0) is 14.2. The fourth-order valence-corrected chi connectivity index (χ4v) is 1.44. The van der Waals surface area contributed by atoms with E-state index in [9.17, 15) is 17.1 Å². The van der Waals surface area contributed by atoms with E-state index in [1.165, 1.54) is 0 Å². The normalized spacial score (nSPS) is 12.2. The average molecular weight is 279 g/mol. The molecule has 0 unspecified atom stereocenters. The van der Waals surface area contributed by atoms with Crippen molar-refractivity contribution in [1.29, 1.82) is 0 Å². The lowest BCUT2D eigenvalue weighted by Crippen LogP contribution is -2.33. The van der Waals surface area contributed by atoms with Gasteiger partial charge in [0.25, 0.3) is 0 Å². The zero-order valence-corrected chi connectivity index (χ0v) is 10.2. The van der Waals surface area contributed by atoms with Crippen LogP contribution in [0.3, 0.4) is 0 Å². The van der Waals surface area contributed by atoms with E-state index in [-0.39, 0.29) is 0 Å². The predicted octanol–water partition coefficient (Wildman–Crippen LogP) is -0.123. The van der Waals surface area contributed by atoms with Crippen LogP contribution in [0.15, 0.2) is 30.3 Å². The third-order valence-corrected chi connectivity index (χ3v) is 2.37. The number of benzene rings is 1. The fraction of sp³-hybridized carbons (Fsp3) is 0.300. The Hall–Kier alpha value is -1.51. The smallest absolute Gasteiger partial charge is 0.322 e. The van der Waals surface area contributed by atoms with Gasteiger partial charge >= 0.3 is 16.2 Å². The largest absolute Gasteiger partial charge is 0.480 e. The standard InChI is InChI=1S/C7H7FO2S.C3H7NO3/c8-11(9,10)6-7-4-2-1-3-5-7;4-2(1-5)3(6)7/h1-5H,6H2;2,5H,1,4H2,(H,6,7)/t;2-/m.0/s1. The molecule has 18 heavy (non-hydrogen) atoms. The van der Waals surface area contributed by atoms with Gasteiger partial charge in [0.15, 0.2) is 0 Å². The lowest BCUT2D eigenvalue weighted by molar-refractivity contribution is -0.139. The Balaban J connectivity index is 0.000000360. The maximum atomic E-state index is 12.0. The van der Waals surface area contributed by atoms with Crippen LogP contribution in [0.25, 0.3) is 0 Å². The summed E-state index contributed by atoms with van der Waals surface area (Å²) in [4.78, 5) is 9.65. The van der Waals surface area contributed by atoms with Crippen molar-refractivity contribution in [2.24, 2.45) is 5.73 Å². The summed E-state index contributed by atoms with van der Waals surface area (Å²) < 4.78 is 32.3. The van der Waals surface area contributed by atoms with Gasteiger partial charge in [0.05, 0.1) is 6.61 Å². The van der Waals surface area contributed by atoms with Crippen LogP contribution in [0.1, 0.15) is 5.56 Å². The molecule has 1 aromatic carbocycles. The third kappa shape index (κ3) is 8.62. The Morgan fingerprint density at radius 1 is 1.33 bits per heavy atom. The maximum absolute atomic E-state index is 12.0. The summed E-state index contributed by atoms with van der Waals surface area (Å²) in [7, 11) is -4.38.